The molecule has 1 unspecified atom stereocenters. The molecule has 12 heteroatoms. The summed E-state index contributed by atoms with van der Waals surface area (Å²) in [6.07, 6.45) is -0.325. The van der Waals surface area contributed by atoms with Crippen LogP contribution in [-0.4, -0.2) is 57.1 Å². The molecule has 0 saturated heterocycles. The van der Waals surface area contributed by atoms with Crippen molar-refractivity contribution in [2.24, 2.45) is 0 Å². The number of sulfonamides is 1. The zero-order chi connectivity index (χ0) is 29.0. The summed E-state index contributed by atoms with van der Waals surface area (Å²) in [4.78, 5) is 38.3. The van der Waals surface area contributed by atoms with Crippen molar-refractivity contribution < 1.29 is 42.1 Å². The van der Waals surface area contributed by atoms with Crippen molar-refractivity contribution in [3.05, 3.63) is 82.9 Å². The number of amides is 2. The molecule has 1 atom stereocenters. The van der Waals surface area contributed by atoms with Crippen molar-refractivity contribution >= 4 is 27.8 Å². The van der Waals surface area contributed by atoms with Crippen molar-refractivity contribution in [3.8, 4) is 17.2 Å². The normalized spacial score (nSPS) is 12.9. The molecule has 0 fully saturated rings. The summed E-state index contributed by atoms with van der Waals surface area (Å²) in [5.41, 5.74) is 1.17. The second-order valence-corrected chi connectivity index (χ2v) is 10.9. The maximum atomic E-state index is 13.5. The van der Waals surface area contributed by atoms with Crippen LogP contribution in [0.3, 0.4) is 0 Å². The van der Waals surface area contributed by atoms with E-state index < -0.39 is 28.0 Å². The average molecular weight is 569 g/mol. The Morgan fingerprint density at radius 3 is 2.30 bits per heavy atom. The number of hydrogen-bond donors (Lipinski definition) is 2. The number of nitrogens with zero attached hydrogens (tertiary/aromatic N) is 1. The van der Waals surface area contributed by atoms with E-state index in [1.807, 2.05) is 6.92 Å². The predicted molar refractivity (Wildman–Crippen MR) is 143 cm³/mol. The highest BCUT2D eigenvalue weighted by atomic mass is 32.2. The summed E-state index contributed by atoms with van der Waals surface area (Å²) in [6, 6.07) is 14.1. The van der Waals surface area contributed by atoms with E-state index >= 15 is 0 Å². The smallest absolute Gasteiger partial charge is 0.335 e. The summed E-state index contributed by atoms with van der Waals surface area (Å²) in [7, 11) is -1.21. The van der Waals surface area contributed by atoms with Gasteiger partial charge in [-0.1, -0.05) is 19.4 Å². The summed E-state index contributed by atoms with van der Waals surface area (Å²) >= 11 is 0. The minimum Gasteiger partial charge on any atom is -0.478 e. The lowest BCUT2D eigenvalue weighted by molar-refractivity contribution is -0.126. The van der Waals surface area contributed by atoms with Crippen molar-refractivity contribution in [2.45, 2.75) is 30.8 Å². The molecule has 0 aromatic heterocycles. The van der Waals surface area contributed by atoms with Gasteiger partial charge >= 0.3 is 5.97 Å². The first-order valence-corrected chi connectivity index (χ1v) is 13.8. The molecule has 0 bridgehead atoms. The van der Waals surface area contributed by atoms with Gasteiger partial charge in [0, 0.05) is 25.2 Å². The predicted octanol–water partition coefficient (Wildman–Crippen LogP) is 3.39. The van der Waals surface area contributed by atoms with E-state index in [1.54, 1.807) is 26.2 Å². The lowest BCUT2D eigenvalue weighted by Crippen LogP contribution is -2.37. The SMILES string of the molecule is CCCc1cc(C(=O)O)ccc1OC(C(=O)NS(=O)(=O)c1ccc(C(=O)N(C)C)cc1)c1ccc2c(c1)OCO2. The minimum absolute atomic E-state index is 0.00545. The van der Waals surface area contributed by atoms with Gasteiger partial charge in [0.25, 0.3) is 21.8 Å². The zero-order valence-electron chi connectivity index (χ0n) is 22.0. The molecule has 1 aliphatic heterocycles. The number of fused-ring (bicyclic) bond motifs is 1. The molecule has 1 heterocycles. The molecule has 1 aliphatic rings. The van der Waals surface area contributed by atoms with Gasteiger partial charge in [0.1, 0.15) is 5.75 Å². The number of hydrogen-bond acceptors (Lipinski definition) is 8. The summed E-state index contributed by atoms with van der Waals surface area (Å²) in [6.45, 7) is 1.90. The second kappa shape index (κ2) is 11.7. The molecule has 4 rings (SSSR count). The minimum atomic E-state index is -4.36. The third-order valence-corrected chi connectivity index (χ3v) is 7.42. The lowest BCUT2D eigenvalue weighted by Gasteiger charge is -2.21. The van der Waals surface area contributed by atoms with Crippen LogP contribution in [0.1, 0.15) is 51.3 Å². The standard InChI is InChI=1S/C28H28N2O9S/c1-4-5-18-14-20(28(33)34)9-12-22(18)39-25(19-8-13-23-24(15-19)38-16-37-23)26(31)29-40(35,36)21-10-6-17(7-11-21)27(32)30(2)3/h6-15,25H,4-5,16H2,1-3H3,(H,29,31)(H,33,34). The topological polar surface area (TPSA) is 149 Å². The van der Waals surface area contributed by atoms with E-state index in [-0.39, 0.29) is 40.0 Å². The number of ether oxygens (including phenoxy) is 3. The van der Waals surface area contributed by atoms with Crippen molar-refractivity contribution in [1.29, 1.82) is 0 Å². The first-order chi connectivity index (χ1) is 19.0. The van der Waals surface area contributed by atoms with Gasteiger partial charge in [-0.25, -0.2) is 17.9 Å². The first-order valence-electron chi connectivity index (χ1n) is 12.3. The van der Waals surface area contributed by atoms with Crippen LogP contribution < -0.4 is 18.9 Å². The molecule has 0 saturated carbocycles. The maximum absolute atomic E-state index is 13.5. The number of nitrogens with one attached hydrogen (secondary N) is 1. The molecule has 3 aromatic rings. The molecule has 0 spiro atoms. The lowest BCUT2D eigenvalue weighted by atomic mass is 10.0. The number of rotatable bonds is 10. The molecular weight excluding hydrogens is 540 g/mol. The number of aryl methyl sites for hydroxylation is 1. The molecule has 2 N–H and O–H groups in total. The molecule has 0 radical (unpaired) electrons. The van der Waals surface area contributed by atoms with Crippen LogP contribution >= 0.6 is 0 Å². The molecular formula is C28H28N2O9S. The number of carbonyl (C=O) groups excluding carboxylic acids is 2. The van der Waals surface area contributed by atoms with Gasteiger partial charge in [0.2, 0.25) is 12.9 Å². The number of carbonyl (C=O) groups is 3. The van der Waals surface area contributed by atoms with Crippen molar-refractivity contribution in [3.63, 3.8) is 0 Å². The molecule has 210 valence electrons. The fourth-order valence-electron chi connectivity index (χ4n) is 4.05. The van der Waals surface area contributed by atoms with Crippen LogP contribution in [0.5, 0.6) is 17.2 Å². The van der Waals surface area contributed by atoms with Crippen LogP contribution in [-0.2, 0) is 21.2 Å². The molecule has 2 amide bonds. The number of benzene rings is 3. The van der Waals surface area contributed by atoms with E-state index in [1.165, 1.54) is 53.4 Å². The summed E-state index contributed by atoms with van der Waals surface area (Å²) in [5, 5.41) is 9.40. The van der Waals surface area contributed by atoms with Gasteiger partial charge in [0.05, 0.1) is 10.5 Å². The fourth-order valence-corrected chi connectivity index (χ4v) is 5.03. The Morgan fingerprint density at radius 2 is 1.65 bits per heavy atom. The highest BCUT2D eigenvalue weighted by molar-refractivity contribution is 7.90. The monoisotopic (exact) mass is 568 g/mol. The Morgan fingerprint density at radius 1 is 0.975 bits per heavy atom. The Bertz CT molecular complexity index is 1550. The van der Waals surface area contributed by atoms with E-state index in [0.29, 0.717) is 29.9 Å². The quantitative estimate of drug-likeness (QED) is 0.375. The number of carboxylic acid groups (broad SMARTS) is 1. The van der Waals surface area contributed by atoms with E-state index in [4.69, 9.17) is 14.2 Å². The zero-order valence-corrected chi connectivity index (χ0v) is 22.9. The van der Waals surface area contributed by atoms with Gasteiger partial charge in [-0.05, 0) is 66.6 Å². The summed E-state index contributed by atoms with van der Waals surface area (Å²) < 4.78 is 45.2. The number of carboxylic acids is 1. The van der Waals surface area contributed by atoms with Gasteiger partial charge in [-0.3, -0.25) is 9.59 Å². The Labute approximate surface area is 231 Å². The third kappa shape index (κ3) is 6.18. The van der Waals surface area contributed by atoms with E-state index in [0.717, 1.165) is 0 Å². The maximum Gasteiger partial charge on any atom is 0.335 e. The Hall–Kier alpha value is -4.58. The highest BCUT2D eigenvalue weighted by Gasteiger charge is 2.30. The third-order valence-electron chi connectivity index (χ3n) is 6.06. The number of aromatic carboxylic acids is 1. The van der Waals surface area contributed by atoms with E-state index in [9.17, 15) is 27.9 Å². The van der Waals surface area contributed by atoms with Gasteiger partial charge in [-0.15, -0.1) is 0 Å². The van der Waals surface area contributed by atoms with Crippen LogP contribution in [0.2, 0.25) is 0 Å². The molecule has 0 aliphatic carbocycles. The van der Waals surface area contributed by atoms with Crippen molar-refractivity contribution in [2.75, 3.05) is 20.9 Å². The second-order valence-electron chi connectivity index (χ2n) is 9.18. The largest absolute Gasteiger partial charge is 0.478 e. The Balaban J connectivity index is 1.67. The van der Waals surface area contributed by atoms with Crippen LogP contribution in [0, 0.1) is 0 Å². The van der Waals surface area contributed by atoms with E-state index in [2.05, 4.69) is 4.72 Å². The van der Waals surface area contributed by atoms with Crippen LogP contribution in [0.4, 0.5) is 0 Å². The fraction of sp³-hybridized carbons (Fsp3) is 0.250. The van der Waals surface area contributed by atoms with Crippen LogP contribution in [0.25, 0.3) is 0 Å². The van der Waals surface area contributed by atoms with Gasteiger partial charge in [0.15, 0.2) is 11.5 Å². The first kappa shape index (κ1) is 28.4. The van der Waals surface area contributed by atoms with Crippen molar-refractivity contribution in [1.82, 2.24) is 9.62 Å². The Kier molecular flexibility index (Phi) is 8.29. The average Bonchev–Trinajstić information content (AvgIpc) is 3.39. The summed E-state index contributed by atoms with van der Waals surface area (Å²) in [5.74, 6) is -1.36. The molecule has 11 nitrogen and oxygen atoms in total. The van der Waals surface area contributed by atoms with Crippen LogP contribution in [0.15, 0.2) is 65.6 Å². The molecule has 40 heavy (non-hydrogen) atoms. The highest BCUT2D eigenvalue weighted by Crippen LogP contribution is 2.36. The van der Waals surface area contributed by atoms with Gasteiger partial charge in [-0.2, -0.15) is 0 Å². The molecule has 3 aromatic carbocycles. The van der Waals surface area contributed by atoms with Gasteiger partial charge < -0.3 is 24.2 Å².